The van der Waals surface area contributed by atoms with Crippen molar-refractivity contribution in [3.63, 3.8) is 0 Å². The van der Waals surface area contributed by atoms with Gasteiger partial charge in [-0.1, -0.05) is 24.3 Å². The van der Waals surface area contributed by atoms with Crippen molar-refractivity contribution < 1.29 is 0 Å². The first kappa shape index (κ1) is 6.12. The Balaban J connectivity index is 2.49. The Morgan fingerprint density at radius 3 is 2.11 bits per heavy atom. The van der Waals surface area contributed by atoms with Crippen LogP contribution < -0.4 is 5.53 Å². The quantitative estimate of drug-likeness (QED) is 0.567. The lowest BCUT2D eigenvalue weighted by atomic mass is 10.2. The molecular formula is C4H9N5. The highest BCUT2D eigenvalue weighted by atomic mass is 15.7. The van der Waals surface area contributed by atoms with Gasteiger partial charge in [0, 0.05) is 0 Å². The van der Waals surface area contributed by atoms with Gasteiger partial charge in [0.05, 0.1) is 0 Å². The van der Waals surface area contributed by atoms with E-state index in [2.05, 4.69) is 26.2 Å². The molecule has 9 heavy (non-hydrogen) atoms. The van der Waals surface area contributed by atoms with Crippen molar-refractivity contribution in [1.29, 1.82) is 0 Å². The molecule has 0 aliphatic carbocycles. The van der Waals surface area contributed by atoms with Crippen molar-refractivity contribution in [2.45, 2.75) is 20.0 Å². The summed E-state index contributed by atoms with van der Waals surface area (Å²) in [4.78, 5) is 0. The van der Waals surface area contributed by atoms with Gasteiger partial charge in [-0.15, -0.1) is 10.2 Å². The summed E-state index contributed by atoms with van der Waals surface area (Å²) in [5.41, 5.74) is 2.29. The minimum absolute atomic E-state index is 0.0914. The molecule has 0 radical (unpaired) electrons. The Morgan fingerprint density at radius 2 is 1.78 bits per heavy atom. The van der Waals surface area contributed by atoms with E-state index in [-0.39, 0.29) is 6.17 Å². The fourth-order valence-corrected chi connectivity index (χ4v) is 0.480. The summed E-state index contributed by atoms with van der Waals surface area (Å²) < 4.78 is 0. The van der Waals surface area contributed by atoms with E-state index in [9.17, 15) is 0 Å². The standard InChI is InChI=1S/C4H9N5/c1-3(2)4-5-7-9-8-6-4/h3-4H,1-2H3,(H,5,6,9). The van der Waals surface area contributed by atoms with Crippen molar-refractivity contribution in [3.05, 3.63) is 0 Å². The molecule has 1 N–H and O–H groups in total. The molecule has 0 amide bonds. The molecule has 0 aromatic carbocycles. The zero-order valence-electron chi connectivity index (χ0n) is 5.44. The van der Waals surface area contributed by atoms with Crippen molar-refractivity contribution in [3.8, 4) is 0 Å². The van der Waals surface area contributed by atoms with Gasteiger partial charge in [0.1, 0.15) is 0 Å². The highest BCUT2D eigenvalue weighted by molar-refractivity contribution is 4.63. The van der Waals surface area contributed by atoms with Gasteiger partial charge < -0.3 is 0 Å². The lowest BCUT2D eigenvalue weighted by Gasteiger charge is -2.09. The van der Waals surface area contributed by atoms with E-state index in [0.29, 0.717) is 5.92 Å². The van der Waals surface area contributed by atoms with Gasteiger partial charge in [-0.3, -0.25) is 0 Å². The molecule has 0 unspecified atom stereocenters. The zero-order chi connectivity index (χ0) is 6.69. The SMILES string of the molecule is CC(C)C1N=NNN=N1. The maximum Gasteiger partial charge on any atom is 0.187 e. The Bertz CT molecular complexity index is 126. The van der Waals surface area contributed by atoms with Crippen molar-refractivity contribution in [1.82, 2.24) is 5.53 Å². The summed E-state index contributed by atoms with van der Waals surface area (Å²) in [7, 11) is 0. The lowest BCUT2D eigenvalue weighted by Crippen LogP contribution is -2.13. The topological polar surface area (TPSA) is 61.5 Å². The monoisotopic (exact) mass is 127 g/mol. The van der Waals surface area contributed by atoms with Crippen LogP contribution >= 0.6 is 0 Å². The van der Waals surface area contributed by atoms with E-state index in [1.165, 1.54) is 0 Å². The predicted molar refractivity (Wildman–Crippen MR) is 31.5 cm³/mol. The van der Waals surface area contributed by atoms with Gasteiger partial charge in [-0.05, 0) is 5.92 Å². The molecule has 5 nitrogen and oxygen atoms in total. The first-order chi connectivity index (χ1) is 4.30. The van der Waals surface area contributed by atoms with Gasteiger partial charge in [0.15, 0.2) is 6.17 Å². The average molecular weight is 127 g/mol. The van der Waals surface area contributed by atoms with Crippen LogP contribution in [0.2, 0.25) is 0 Å². The van der Waals surface area contributed by atoms with Crippen molar-refractivity contribution >= 4 is 0 Å². The summed E-state index contributed by atoms with van der Waals surface area (Å²) in [6.07, 6.45) is -0.0914. The predicted octanol–water partition coefficient (Wildman–Crippen LogP) is 1.31. The number of hydrogen-bond acceptors (Lipinski definition) is 5. The molecule has 0 saturated heterocycles. The Labute approximate surface area is 53.2 Å². The molecule has 1 aliphatic rings. The third-order valence-electron chi connectivity index (χ3n) is 1.04. The van der Waals surface area contributed by atoms with E-state index in [1.54, 1.807) is 0 Å². The van der Waals surface area contributed by atoms with Gasteiger partial charge >= 0.3 is 0 Å². The molecule has 0 aromatic heterocycles. The zero-order valence-corrected chi connectivity index (χ0v) is 5.44. The summed E-state index contributed by atoms with van der Waals surface area (Å²) >= 11 is 0. The van der Waals surface area contributed by atoms with Crippen LogP contribution in [0, 0.1) is 5.92 Å². The molecule has 50 valence electrons. The fraction of sp³-hybridized carbons (Fsp3) is 1.00. The lowest BCUT2D eigenvalue weighted by molar-refractivity contribution is 0.413. The first-order valence-corrected chi connectivity index (χ1v) is 2.85. The maximum atomic E-state index is 3.78. The molecule has 0 atom stereocenters. The largest absolute Gasteiger partial charge is 0.187 e. The number of hydrogen-bond donors (Lipinski definition) is 1. The van der Waals surface area contributed by atoms with Crippen LogP contribution in [-0.4, -0.2) is 6.17 Å². The molecule has 0 spiro atoms. The van der Waals surface area contributed by atoms with Crippen molar-refractivity contribution in [2.75, 3.05) is 0 Å². The molecule has 1 heterocycles. The maximum absolute atomic E-state index is 3.78. The Morgan fingerprint density at radius 1 is 1.22 bits per heavy atom. The second-order valence-electron chi connectivity index (χ2n) is 2.19. The molecule has 5 heteroatoms. The highest BCUT2D eigenvalue weighted by Crippen LogP contribution is 2.09. The second-order valence-corrected chi connectivity index (χ2v) is 2.19. The molecule has 0 aromatic rings. The molecule has 0 fully saturated rings. The normalized spacial score (nSPS) is 18.6. The van der Waals surface area contributed by atoms with Crippen LogP contribution in [0.1, 0.15) is 13.8 Å². The molecule has 0 bridgehead atoms. The Hall–Kier alpha value is -1.00. The van der Waals surface area contributed by atoms with Gasteiger partial charge in [0.2, 0.25) is 0 Å². The number of nitrogens with zero attached hydrogens (tertiary/aromatic N) is 4. The summed E-state index contributed by atoms with van der Waals surface area (Å²) in [5.74, 6) is 0.375. The van der Waals surface area contributed by atoms with Gasteiger partial charge in [-0.25, -0.2) is 0 Å². The summed E-state index contributed by atoms with van der Waals surface area (Å²) in [6, 6.07) is 0. The number of nitrogens with one attached hydrogen (secondary N) is 1. The summed E-state index contributed by atoms with van der Waals surface area (Å²) in [6.45, 7) is 4.04. The highest BCUT2D eigenvalue weighted by Gasteiger charge is 2.11. The molecule has 1 aliphatic heterocycles. The van der Waals surface area contributed by atoms with Crippen LogP contribution in [0.3, 0.4) is 0 Å². The third kappa shape index (κ3) is 1.45. The summed E-state index contributed by atoms with van der Waals surface area (Å²) in [5, 5.41) is 14.6. The molecule has 1 rings (SSSR count). The number of rotatable bonds is 1. The van der Waals surface area contributed by atoms with Crippen LogP contribution in [0.4, 0.5) is 0 Å². The van der Waals surface area contributed by atoms with Crippen molar-refractivity contribution in [2.24, 2.45) is 26.6 Å². The van der Waals surface area contributed by atoms with E-state index in [1.807, 2.05) is 13.8 Å². The van der Waals surface area contributed by atoms with Crippen LogP contribution in [0.15, 0.2) is 20.7 Å². The average Bonchev–Trinajstić information content (AvgIpc) is 1.90. The smallest absolute Gasteiger partial charge is 0.161 e. The minimum Gasteiger partial charge on any atom is -0.161 e. The van der Waals surface area contributed by atoms with E-state index in [4.69, 9.17) is 0 Å². The third-order valence-corrected chi connectivity index (χ3v) is 1.04. The molecule has 0 saturated carbocycles. The Kier molecular flexibility index (Phi) is 1.72. The first-order valence-electron chi connectivity index (χ1n) is 2.85. The van der Waals surface area contributed by atoms with Gasteiger partial charge in [0.25, 0.3) is 0 Å². The van der Waals surface area contributed by atoms with E-state index < -0.39 is 0 Å². The second kappa shape index (κ2) is 2.52. The van der Waals surface area contributed by atoms with E-state index >= 15 is 0 Å². The fourth-order valence-electron chi connectivity index (χ4n) is 0.480. The molecular weight excluding hydrogens is 118 g/mol. The van der Waals surface area contributed by atoms with E-state index in [0.717, 1.165) is 0 Å². The minimum atomic E-state index is -0.0914. The van der Waals surface area contributed by atoms with Crippen LogP contribution in [0.5, 0.6) is 0 Å². The van der Waals surface area contributed by atoms with Crippen LogP contribution in [-0.2, 0) is 0 Å². The van der Waals surface area contributed by atoms with Gasteiger partial charge in [-0.2, -0.15) is 5.53 Å². The van der Waals surface area contributed by atoms with Crippen LogP contribution in [0.25, 0.3) is 0 Å².